The van der Waals surface area contributed by atoms with Crippen molar-refractivity contribution in [3.05, 3.63) is 0 Å². The van der Waals surface area contributed by atoms with Gasteiger partial charge in [0.2, 0.25) is 0 Å². The van der Waals surface area contributed by atoms with Gasteiger partial charge in [-0.1, -0.05) is 20.8 Å². The van der Waals surface area contributed by atoms with Gasteiger partial charge in [-0.25, -0.2) is 0 Å². The molecule has 0 amide bonds. The molecule has 20 heavy (non-hydrogen) atoms. The van der Waals surface area contributed by atoms with E-state index in [9.17, 15) is 5.11 Å². The summed E-state index contributed by atoms with van der Waals surface area (Å²) < 4.78 is 5.56. The van der Waals surface area contributed by atoms with E-state index < -0.39 is 0 Å². The third kappa shape index (κ3) is 5.68. The van der Waals surface area contributed by atoms with E-state index in [1.54, 1.807) is 0 Å². The summed E-state index contributed by atoms with van der Waals surface area (Å²) in [7, 11) is 1.82. The summed E-state index contributed by atoms with van der Waals surface area (Å²) in [6.45, 7) is 12.2. The van der Waals surface area contributed by atoms with Crippen LogP contribution >= 0.6 is 0 Å². The summed E-state index contributed by atoms with van der Waals surface area (Å²) in [4.78, 5) is 2.50. The number of rotatable bonds is 8. The lowest BCUT2D eigenvalue weighted by atomic mass is 9.93. The molecule has 1 rings (SSSR count). The molecule has 3 unspecified atom stereocenters. The standard InChI is InChI=1S/C16H34N2O2/c1-13(2)17-16(4,12-19)8-6-9-18-10-7-14(3)15(11-18)20-5/h13-15,17,19H,6-12H2,1-5H3. The molecule has 2 N–H and O–H groups in total. The van der Waals surface area contributed by atoms with Crippen molar-refractivity contribution in [3.8, 4) is 0 Å². The summed E-state index contributed by atoms with van der Waals surface area (Å²) >= 11 is 0. The van der Waals surface area contributed by atoms with Gasteiger partial charge in [-0.3, -0.25) is 0 Å². The third-order valence-corrected chi connectivity index (χ3v) is 4.47. The number of hydrogen-bond acceptors (Lipinski definition) is 4. The van der Waals surface area contributed by atoms with E-state index in [0.29, 0.717) is 18.1 Å². The Labute approximate surface area is 124 Å². The predicted molar refractivity (Wildman–Crippen MR) is 84.0 cm³/mol. The number of nitrogens with zero attached hydrogens (tertiary/aromatic N) is 1. The number of piperidine rings is 1. The van der Waals surface area contributed by atoms with Crippen LogP contribution in [0.15, 0.2) is 0 Å². The summed E-state index contributed by atoms with van der Waals surface area (Å²) in [5, 5.41) is 13.1. The molecule has 4 heteroatoms. The zero-order valence-corrected chi connectivity index (χ0v) is 14.0. The van der Waals surface area contributed by atoms with E-state index in [0.717, 1.165) is 25.9 Å². The van der Waals surface area contributed by atoms with Crippen LogP contribution in [0.3, 0.4) is 0 Å². The number of aliphatic hydroxyl groups excluding tert-OH is 1. The van der Waals surface area contributed by atoms with Crippen LogP contribution in [-0.4, -0.2) is 61.0 Å². The lowest BCUT2D eigenvalue weighted by molar-refractivity contribution is -0.00603. The van der Waals surface area contributed by atoms with E-state index in [1.165, 1.54) is 13.0 Å². The molecular weight excluding hydrogens is 252 g/mol. The lowest BCUT2D eigenvalue weighted by Crippen LogP contribution is -2.50. The maximum Gasteiger partial charge on any atom is 0.0724 e. The second kappa shape index (κ2) is 8.32. The highest BCUT2D eigenvalue weighted by molar-refractivity contribution is 4.85. The normalized spacial score (nSPS) is 27.8. The van der Waals surface area contributed by atoms with Gasteiger partial charge >= 0.3 is 0 Å². The Hall–Kier alpha value is -0.160. The maximum absolute atomic E-state index is 9.59. The Morgan fingerprint density at radius 1 is 1.45 bits per heavy atom. The van der Waals surface area contributed by atoms with Crippen LogP contribution in [-0.2, 0) is 4.74 Å². The van der Waals surface area contributed by atoms with Gasteiger partial charge in [0.05, 0.1) is 12.7 Å². The van der Waals surface area contributed by atoms with Crippen molar-refractivity contribution in [2.75, 3.05) is 33.4 Å². The molecule has 0 aromatic rings. The fourth-order valence-corrected chi connectivity index (χ4v) is 3.19. The number of methoxy groups -OCH3 is 1. The second-order valence-corrected chi connectivity index (χ2v) is 6.96. The lowest BCUT2D eigenvalue weighted by Gasteiger charge is -2.37. The van der Waals surface area contributed by atoms with Crippen LogP contribution in [0.2, 0.25) is 0 Å². The van der Waals surface area contributed by atoms with Gasteiger partial charge in [0, 0.05) is 25.2 Å². The van der Waals surface area contributed by atoms with Gasteiger partial charge in [0.1, 0.15) is 0 Å². The van der Waals surface area contributed by atoms with Gasteiger partial charge in [-0.2, -0.15) is 0 Å². The molecule has 0 bridgehead atoms. The first-order valence-electron chi connectivity index (χ1n) is 8.04. The Morgan fingerprint density at radius 2 is 2.15 bits per heavy atom. The Morgan fingerprint density at radius 3 is 2.70 bits per heavy atom. The van der Waals surface area contributed by atoms with Gasteiger partial charge in [0.25, 0.3) is 0 Å². The van der Waals surface area contributed by atoms with Crippen molar-refractivity contribution in [1.29, 1.82) is 0 Å². The average Bonchev–Trinajstić information content (AvgIpc) is 2.40. The molecule has 1 saturated heterocycles. The molecule has 3 atom stereocenters. The summed E-state index contributed by atoms with van der Waals surface area (Å²) in [6, 6.07) is 0.404. The minimum atomic E-state index is -0.155. The van der Waals surface area contributed by atoms with Gasteiger partial charge in [-0.15, -0.1) is 0 Å². The largest absolute Gasteiger partial charge is 0.394 e. The fourth-order valence-electron chi connectivity index (χ4n) is 3.19. The molecular formula is C16H34N2O2. The minimum absolute atomic E-state index is 0.155. The molecule has 0 spiro atoms. The molecule has 1 heterocycles. The molecule has 1 fully saturated rings. The topological polar surface area (TPSA) is 44.7 Å². The molecule has 1 aliphatic rings. The first kappa shape index (κ1) is 17.9. The van der Waals surface area contributed by atoms with Crippen LogP contribution in [0.25, 0.3) is 0 Å². The predicted octanol–water partition coefficient (Wildman–Crippen LogP) is 1.87. The third-order valence-electron chi connectivity index (χ3n) is 4.47. The highest BCUT2D eigenvalue weighted by Crippen LogP contribution is 2.20. The highest BCUT2D eigenvalue weighted by atomic mass is 16.5. The molecule has 0 aromatic carbocycles. The van der Waals surface area contributed by atoms with E-state index in [-0.39, 0.29) is 12.1 Å². The van der Waals surface area contributed by atoms with Crippen molar-refractivity contribution in [1.82, 2.24) is 10.2 Å². The van der Waals surface area contributed by atoms with Crippen LogP contribution in [0.4, 0.5) is 0 Å². The van der Waals surface area contributed by atoms with E-state index >= 15 is 0 Å². The van der Waals surface area contributed by atoms with E-state index in [4.69, 9.17) is 4.74 Å². The van der Waals surface area contributed by atoms with Crippen LogP contribution in [0, 0.1) is 5.92 Å². The Bertz CT molecular complexity index is 273. The number of aliphatic hydroxyl groups is 1. The van der Waals surface area contributed by atoms with Gasteiger partial charge in [-0.05, 0) is 45.2 Å². The molecule has 1 aliphatic heterocycles. The van der Waals surface area contributed by atoms with Crippen molar-refractivity contribution >= 4 is 0 Å². The van der Waals surface area contributed by atoms with Crippen LogP contribution < -0.4 is 5.32 Å². The zero-order valence-electron chi connectivity index (χ0n) is 14.0. The van der Waals surface area contributed by atoms with Gasteiger partial charge in [0.15, 0.2) is 0 Å². The van der Waals surface area contributed by atoms with E-state index in [2.05, 4.69) is 37.9 Å². The molecule has 4 nitrogen and oxygen atoms in total. The molecule has 0 aromatic heterocycles. The molecule has 120 valence electrons. The first-order chi connectivity index (χ1) is 9.40. The van der Waals surface area contributed by atoms with Crippen molar-refractivity contribution in [2.45, 2.75) is 64.6 Å². The van der Waals surface area contributed by atoms with Crippen molar-refractivity contribution in [3.63, 3.8) is 0 Å². The molecule has 0 saturated carbocycles. The molecule has 0 radical (unpaired) electrons. The first-order valence-corrected chi connectivity index (χ1v) is 8.04. The smallest absolute Gasteiger partial charge is 0.0724 e. The Balaban J connectivity index is 2.32. The van der Waals surface area contributed by atoms with Crippen LogP contribution in [0.5, 0.6) is 0 Å². The Kier molecular flexibility index (Phi) is 7.45. The van der Waals surface area contributed by atoms with Crippen molar-refractivity contribution in [2.24, 2.45) is 5.92 Å². The number of likely N-dealkylation sites (tertiary alicyclic amines) is 1. The molecule has 0 aliphatic carbocycles. The average molecular weight is 286 g/mol. The fraction of sp³-hybridized carbons (Fsp3) is 1.00. The van der Waals surface area contributed by atoms with Crippen molar-refractivity contribution < 1.29 is 9.84 Å². The SMILES string of the molecule is COC1CN(CCCC(C)(CO)NC(C)C)CCC1C. The number of nitrogens with one attached hydrogen (secondary N) is 1. The second-order valence-electron chi connectivity index (χ2n) is 6.96. The summed E-state index contributed by atoms with van der Waals surface area (Å²) in [6.07, 6.45) is 3.72. The van der Waals surface area contributed by atoms with Gasteiger partial charge < -0.3 is 20.1 Å². The van der Waals surface area contributed by atoms with E-state index in [1.807, 2.05) is 7.11 Å². The zero-order chi connectivity index (χ0) is 15.2. The highest BCUT2D eigenvalue weighted by Gasteiger charge is 2.27. The summed E-state index contributed by atoms with van der Waals surface area (Å²) in [5.74, 6) is 0.668. The number of ether oxygens (including phenoxy) is 1. The summed E-state index contributed by atoms with van der Waals surface area (Å²) in [5.41, 5.74) is -0.155. The quantitative estimate of drug-likeness (QED) is 0.715. The number of hydrogen-bond donors (Lipinski definition) is 2. The van der Waals surface area contributed by atoms with Crippen LogP contribution in [0.1, 0.15) is 47.0 Å². The minimum Gasteiger partial charge on any atom is -0.394 e. The maximum atomic E-state index is 9.59. The monoisotopic (exact) mass is 286 g/mol.